The molecule has 0 rings (SSSR count). The molecule has 0 unspecified atom stereocenters. The highest BCUT2D eigenvalue weighted by Crippen LogP contribution is 2.10. The largest absolute Gasteiger partial charge is 0.481 e. The fourth-order valence-electron chi connectivity index (χ4n) is 5.99. The van der Waals surface area contributed by atoms with Crippen LogP contribution >= 0.6 is 0 Å². The molecule has 0 saturated carbocycles. The van der Waals surface area contributed by atoms with Crippen LogP contribution in [-0.4, -0.2) is 181 Å². The average Bonchev–Trinajstić information content (AvgIpc) is 3.25. The third kappa shape index (κ3) is 24.3. The molecule has 0 heterocycles. The number of carboxylic acid groups (broad SMARTS) is 4. The van der Waals surface area contributed by atoms with Gasteiger partial charge in [0, 0.05) is 19.3 Å². The molecule has 0 aromatic carbocycles. The lowest BCUT2D eigenvalue weighted by atomic mass is 10.0. The fourth-order valence-corrected chi connectivity index (χ4v) is 5.99. The van der Waals surface area contributed by atoms with Crippen LogP contribution in [0.25, 0.3) is 0 Å². The molecular formula is C41H68N10O19. The van der Waals surface area contributed by atoms with Gasteiger partial charge in [0.25, 0.3) is 0 Å². The Balaban J connectivity index is 6.19. The van der Waals surface area contributed by atoms with Crippen molar-refractivity contribution in [2.75, 3.05) is 13.2 Å². The van der Waals surface area contributed by atoms with Gasteiger partial charge in [-0.3, -0.25) is 62.3 Å². The summed E-state index contributed by atoms with van der Waals surface area (Å²) in [4.78, 5) is 163. The molecule has 0 aromatic heterocycles. The van der Waals surface area contributed by atoms with Crippen LogP contribution in [0.2, 0.25) is 0 Å². The lowest BCUT2D eigenvalue weighted by Gasteiger charge is -2.28. The van der Waals surface area contributed by atoms with Crippen LogP contribution < -0.4 is 53.6 Å². The first-order valence-electron chi connectivity index (χ1n) is 22.0. The number of nitrogens with one attached hydrogen (secondary N) is 9. The zero-order valence-corrected chi connectivity index (χ0v) is 39.9. The van der Waals surface area contributed by atoms with E-state index in [0.717, 1.165) is 6.92 Å². The number of rotatable bonds is 33. The second-order valence-electron chi connectivity index (χ2n) is 17.0. The normalized spacial score (nSPS) is 15.3. The van der Waals surface area contributed by atoms with Crippen LogP contribution in [-0.2, 0) is 62.3 Å². The van der Waals surface area contributed by atoms with Gasteiger partial charge in [0.1, 0.15) is 54.9 Å². The van der Waals surface area contributed by atoms with Crippen LogP contribution in [0.4, 0.5) is 0 Å². The number of aliphatic hydroxyl groups is 2. The maximum absolute atomic E-state index is 13.6. The highest BCUT2D eigenvalue weighted by Gasteiger charge is 2.36. The number of carbonyl (C=O) groups is 13. The standard InChI is InChI=1S/C41H68N10O19/c1-17(2)14-25(48-34(63)20(6)44-33(62)19(5)45-35(64)22(42)8-11-27(54)55)38(67)51-32(21(7)53)41(70)49-26(16-52)39(68)47-23(9-12-28(56)57)36(65)46-24(10-13-29(58)59)37(66)50-31(18(3)4)40(69)43-15-30(60)61/h17-26,31-32,52-53H,8-16,42H2,1-7H3,(H,43,69)(H,44,62)(H,45,64)(H,46,65)(H,47,68)(H,48,63)(H,49,70)(H,50,66)(H,51,67)(H,54,55)(H,56,57)(H,58,59)(H,60,61)/t19-,20-,21+,22-,23-,24-,25-,26-,31-,32-/m0/s1. The summed E-state index contributed by atoms with van der Waals surface area (Å²) in [5, 5.41) is 77.2. The van der Waals surface area contributed by atoms with Crippen LogP contribution in [0.15, 0.2) is 0 Å². The molecule has 0 aliphatic rings. The molecule has 9 amide bonds. The summed E-state index contributed by atoms with van der Waals surface area (Å²) in [7, 11) is 0. The molecule has 10 atom stereocenters. The Labute approximate surface area is 401 Å². The number of carboxylic acids is 4. The SMILES string of the molecule is CC(C)C[C@H](NC(=O)[C@H](C)NC(=O)[C@H](C)NC(=O)[C@@H](N)CCC(=O)O)C(=O)N[C@H](C(=O)N[C@@H](CO)C(=O)N[C@@H](CCC(=O)O)C(=O)N[C@@H](CCC(=O)O)C(=O)N[C@H](C(=O)NCC(=O)O)C(C)C)[C@@H](C)O. The second-order valence-corrected chi connectivity index (χ2v) is 17.0. The van der Waals surface area contributed by atoms with Crippen LogP contribution in [0, 0.1) is 11.8 Å². The van der Waals surface area contributed by atoms with Crippen molar-refractivity contribution in [3.8, 4) is 0 Å². The maximum atomic E-state index is 13.6. The molecule has 0 radical (unpaired) electrons. The minimum Gasteiger partial charge on any atom is -0.481 e. The molecular weight excluding hydrogens is 937 g/mol. The smallest absolute Gasteiger partial charge is 0.322 e. The summed E-state index contributed by atoms with van der Waals surface area (Å²) < 4.78 is 0. The molecule has 0 fully saturated rings. The van der Waals surface area contributed by atoms with Crippen LogP contribution in [0.5, 0.6) is 0 Å². The Bertz CT molecular complexity index is 1900. The van der Waals surface area contributed by atoms with E-state index in [2.05, 4.69) is 47.9 Å². The second kappa shape index (κ2) is 31.2. The topological polar surface area (TPSA) is 478 Å². The number of hydrogen-bond acceptors (Lipinski definition) is 16. The van der Waals surface area contributed by atoms with E-state index in [1.165, 1.54) is 27.7 Å². The minimum atomic E-state index is -1.96. The maximum Gasteiger partial charge on any atom is 0.322 e. The van der Waals surface area contributed by atoms with Gasteiger partial charge < -0.3 is 84.2 Å². The summed E-state index contributed by atoms with van der Waals surface area (Å²) in [6.07, 6.45) is -5.15. The molecule has 396 valence electrons. The summed E-state index contributed by atoms with van der Waals surface area (Å²) in [6.45, 7) is 7.92. The fraction of sp³-hybridized carbons (Fsp3) is 0.683. The molecule has 0 aromatic rings. The Morgan fingerprint density at radius 3 is 1.24 bits per heavy atom. The Hall–Kier alpha value is -7.01. The summed E-state index contributed by atoms with van der Waals surface area (Å²) >= 11 is 0. The van der Waals surface area contributed by atoms with Crippen molar-refractivity contribution in [2.45, 2.75) is 154 Å². The van der Waals surface area contributed by atoms with Gasteiger partial charge in [-0.05, 0) is 58.3 Å². The molecule has 0 spiro atoms. The molecule has 29 heteroatoms. The number of carbonyl (C=O) groups excluding carboxylic acids is 9. The Kier molecular flexibility index (Phi) is 28.1. The van der Waals surface area contributed by atoms with E-state index < -0.39 is 189 Å². The lowest BCUT2D eigenvalue weighted by Crippen LogP contribution is -2.62. The van der Waals surface area contributed by atoms with E-state index in [4.69, 9.17) is 15.9 Å². The van der Waals surface area contributed by atoms with Gasteiger partial charge in [-0.2, -0.15) is 0 Å². The number of nitrogens with two attached hydrogens (primary N) is 1. The van der Waals surface area contributed by atoms with Crippen molar-refractivity contribution in [3.05, 3.63) is 0 Å². The molecule has 0 aliphatic heterocycles. The number of hydrogen-bond donors (Lipinski definition) is 16. The predicted molar refractivity (Wildman–Crippen MR) is 239 cm³/mol. The predicted octanol–water partition coefficient (Wildman–Crippen LogP) is -5.90. The number of aliphatic carboxylic acids is 4. The van der Waals surface area contributed by atoms with Crippen molar-refractivity contribution < 1.29 is 93.0 Å². The van der Waals surface area contributed by atoms with Crippen LogP contribution in [0.3, 0.4) is 0 Å². The van der Waals surface area contributed by atoms with Gasteiger partial charge in [0.05, 0.1) is 18.8 Å². The van der Waals surface area contributed by atoms with Crippen molar-refractivity contribution >= 4 is 77.0 Å². The van der Waals surface area contributed by atoms with Crippen LogP contribution in [0.1, 0.15) is 93.4 Å². The Morgan fingerprint density at radius 2 is 0.814 bits per heavy atom. The third-order valence-corrected chi connectivity index (χ3v) is 9.95. The number of aliphatic hydroxyl groups excluding tert-OH is 2. The van der Waals surface area contributed by atoms with E-state index in [0.29, 0.717) is 0 Å². The van der Waals surface area contributed by atoms with E-state index in [1.807, 2.05) is 0 Å². The monoisotopic (exact) mass is 1000 g/mol. The van der Waals surface area contributed by atoms with E-state index >= 15 is 0 Å². The molecule has 0 aliphatic carbocycles. The Morgan fingerprint density at radius 1 is 0.429 bits per heavy atom. The summed E-state index contributed by atoms with van der Waals surface area (Å²) in [5.74, 6) is -15.9. The van der Waals surface area contributed by atoms with Gasteiger partial charge in [-0.25, -0.2) is 0 Å². The van der Waals surface area contributed by atoms with Crippen molar-refractivity contribution in [3.63, 3.8) is 0 Å². The van der Waals surface area contributed by atoms with Gasteiger partial charge >= 0.3 is 23.9 Å². The third-order valence-electron chi connectivity index (χ3n) is 9.95. The first kappa shape index (κ1) is 63.0. The first-order chi connectivity index (χ1) is 32.4. The summed E-state index contributed by atoms with van der Waals surface area (Å²) in [5.41, 5.74) is 5.67. The summed E-state index contributed by atoms with van der Waals surface area (Å²) in [6, 6.07) is -14.0. The van der Waals surface area contributed by atoms with Gasteiger partial charge in [0.15, 0.2) is 0 Å². The highest BCUT2D eigenvalue weighted by molar-refractivity contribution is 5.98. The molecule has 29 nitrogen and oxygen atoms in total. The molecule has 0 saturated heterocycles. The zero-order valence-electron chi connectivity index (χ0n) is 39.9. The van der Waals surface area contributed by atoms with Gasteiger partial charge in [-0.1, -0.05) is 27.7 Å². The molecule has 0 bridgehead atoms. The van der Waals surface area contributed by atoms with Crippen molar-refractivity contribution in [2.24, 2.45) is 17.6 Å². The van der Waals surface area contributed by atoms with Gasteiger partial charge in [0.2, 0.25) is 53.2 Å². The molecule has 70 heavy (non-hydrogen) atoms. The average molecular weight is 1010 g/mol. The van der Waals surface area contributed by atoms with E-state index in [1.54, 1.807) is 13.8 Å². The quantitative estimate of drug-likeness (QED) is 0.0291. The van der Waals surface area contributed by atoms with E-state index in [-0.39, 0.29) is 18.8 Å². The zero-order chi connectivity index (χ0) is 54.2. The minimum absolute atomic E-state index is 0.0617. The highest BCUT2D eigenvalue weighted by atomic mass is 16.4. The lowest BCUT2D eigenvalue weighted by molar-refractivity contribution is -0.140. The van der Waals surface area contributed by atoms with E-state index in [9.17, 15) is 82.8 Å². The van der Waals surface area contributed by atoms with Crippen molar-refractivity contribution in [1.29, 1.82) is 0 Å². The number of amides is 9. The van der Waals surface area contributed by atoms with Gasteiger partial charge in [-0.15, -0.1) is 0 Å². The first-order valence-corrected chi connectivity index (χ1v) is 22.0. The van der Waals surface area contributed by atoms with Crippen molar-refractivity contribution in [1.82, 2.24) is 47.9 Å². The molecule has 17 N–H and O–H groups in total.